The van der Waals surface area contributed by atoms with Gasteiger partial charge in [0.25, 0.3) is 0 Å². The van der Waals surface area contributed by atoms with Gasteiger partial charge in [-0.05, 0) is 59.7 Å². The third kappa shape index (κ3) is 5.33. The fraction of sp³-hybridized carbons (Fsp3) is 0.143. The van der Waals surface area contributed by atoms with Crippen LogP contribution in [0.4, 0.5) is 20.2 Å². The number of halogens is 2. The predicted molar refractivity (Wildman–Crippen MR) is 159 cm³/mol. The molecule has 0 aromatic heterocycles. The molecule has 0 saturated carbocycles. The number of benzene rings is 5. The molecular formula is C35H29F2NO4. The average Bonchev–Trinajstić information content (AvgIpc) is 3.03. The molecule has 1 atom stereocenters. The monoisotopic (exact) mass is 565 g/mol. The number of methoxy groups -OCH3 is 2. The normalized spacial score (nSPS) is 13.5. The minimum Gasteiger partial charge on any atom is -0.493 e. The van der Waals surface area contributed by atoms with Crippen molar-refractivity contribution in [2.45, 2.75) is 19.3 Å². The van der Waals surface area contributed by atoms with E-state index >= 15 is 0 Å². The highest BCUT2D eigenvalue weighted by molar-refractivity contribution is 5.84. The molecule has 212 valence electrons. The van der Waals surface area contributed by atoms with Crippen molar-refractivity contribution in [1.82, 2.24) is 0 Å². The number of nitrogens with zero attached hydrogens (tertiary/aromatic N) is 1. The second-order valence-electron chi connectivity index (χ2n) is 9.80. The van der Waals surface area contributed by atoms with Crippen LogP contribution in [0, 0.1) is 0 Å². The Morgan fingerprint density at radius 2 is 1.45 bits per heavy atom. The summed E-state index contributed by atoms with van der Waals surface area (Å²) in [4.78, 5) is 2.22. The Hall–Kier alpha value is -5.04. The SMILES string of the molecule is COc1ccc(C2Oc3cccc(OC(F)F)c3-c3ccc(N(Cc4ccccc4)c4ccccc4)cc32)cc1OC. The first kappa shape index (κ1) is 27.1. The van der Waals surface area contributed by atoms with E-state index in [4.69, 9.17) is 18.9 Å². The highest BCUT2D eigenvalue weighted by Gasteiger charge is 2.32. The molecule has 1 heterocycles. The Morgan fingerprint density at radius 1 is 0.714 bits per heavy atom. The van der Waals surface area contributed by atoms with Crippen LogP contribution in [0.15, 0.2) is 115 Å². The second kappa shape index (κ2) is 11.8. The molecule has 1 unspecified atom stereocenters. The maximum Gasteiger partial charge on any atom is 0.387 e. The Kier molecular flexibility index (Phi) is 7.64. The smallest absolute Gasteiger partial charge is 0.387 e. The summed E-state index contributed by atoms with van der Waals surface area (Å²) in [7, 11) is 3.17. The van der Waals surface area contributed by atoms with Gasteiger partial charge in [-0.25, -0.2) is 0 Å². The Labute approximate surface area is 243 Å². The fourth-order valence-electron chi connectivity index (χ4n) is 5.39. The van der Waals surface area contributed by atoms with Crippen LogP contribution in [0.5, 0.6) is 23.0 Å². The van der Waals surface area contributed by atoms with Crippen LogP contribution in [-0.2, 0) is 6.54 Å². The topological polar surface area (TPSA) is 40.2 Å². The minimum absolute atomic E-state index is 0.0615. The molecule has 1 aliphatic rings. The van der Waals surface area contributed by atoms with Crippen molar-refractivity contribution in [2.24, 2.45) is 0 Å². The van der Waals surface area contributed by atoms with Gasteiger partial charge in [0.2, 0.25) is 0 Å². The van der Waals surface area contributed by atoms with Crippen molar-refractivity contribution < 1.29 is 27.7 Å². The molecular weight excluding hydrogens is 536 g/mol. The maximum atomic E-state index is 13.4. The molecule has 0 amide bonds. The molecule has 0 N–H and O–H groups in total. The van der Waals surface area contributed by atoms with Crippen LogP contribution in [0.3, 0.4) is 0 Å². The number of fused-ring (bicyclic) bond motifs is 3. The first-order valence-corrected chi connectivity index (χ1v) is 13.5. The Morgan fingerprint density at radius 3 is 2.17 bits per heavy atom. The minimum atomic E-state index is -2.97. The molecule has 0 spiro atoms. The molecule has 42 heavy (non-hydrogen) atoms. The van der Waals surface area contributed by atoms with Crippen molar-refractivity contribution in [3.8, 4) is 34.1 Å². The van der Waals surface area contributed by atoms with Gasteiger partial charge in [-0.1, -0.05) is 66.7 Å². The zero-order chi connectivity index (χ0) is 29.1. The lowest BCUT2D eigenvalue weighted by molar-refractivity contribution is -0.0496. The number of ether oxygens (including phenoxy) is 4. The molecule has 5 aromatic carbocycles. The number of rotatable bonds is 9. The Balaban J connectivity index is 1.53. The molecule has 5 aromatic rings. The van der Waals surface area contributed by atoms with E-state index in [1.807, 2.05) is 66.7 Å². The summed E-state index contributed by atoms with van der Waals surface area (Å²) in [5, 5.41) is 0. The molecule has 5 nitrogen and oxygen atoms in total. The quantitative estimate of drug-likeness (QED) is 0.179. The number of para-hydroxylation sites is 1. The molecule has 0 saturated heterocycles. The molecule has 0 fully saturated rings. The van der Waals surface area contributed by atoms with E-state index in [1.165, 1.54) is 6.07 Å². The lowest BCUT2D eigenvalue weighted by atomic mass is 9.88. The van der Waals surface area contributed by atoms with Crippen LogP contribution < -0.4 is 23.8 Å². The summed E-state index contributed by atoms with van der Waals surface area (Å²) in [6.07, 6.45) is -0.552. The van der Waals surface area contributed by atoms with Crippen LogP contribution in [-0.4, -0.2) is 20.8 Å². The molecule has 7 heteroatoms. The van der Waals surface area contributed by atoms with E-state index in [1.54, 1.807) is 26.4 Å². The van der Waals surface area contributed by atoms with Crippen LogP contribution in [0.1, 0.15) is 22.8 Å². The third-order valence-electron chi connectivity index (χ3n) is 7.31. The summed E-state index contributed by atoms with van der Waals surface area (Å²) < 4.78 is 49.4. The van der Waals surface area contributed by atoms with Crippen molar-refractivity contribution in [1.29, 1.82) is 0 Å². The average molecular weight is 566 g/mol. The van der Waals surface area contributed by atoms with E-state index in [0.717, 1.165) is 33.6 Å². The molecule has 0 aliphatic carbocycles. The van der Waals surface area contributed by atoms with Crippen LogP contribution >= 0.6 is 0 Å². The van der Waals surface area contributed by atoms with Gasteiger partial charge < -0.3 is 23.8 Å². The zero-order valence-corrected chi connectivity index (χ0v) is 23.2. The van der Waals surface area contributed by atoms with E-state index in [-0.39, 0.29) is 5.75 Å². The first-order valence-electron chi connectivity index (χ1n) is 13.5. The number of alkyl halides is 2. The summed E-state index contributed by atoms with van der Waals surface area (Å²) >= 11 is 0. The van der Waals surface area contributed by atoms with E-state index < -0.39 is 12.7 Å². The van der Waals surface area contributed by atoms with Gasteiger partial charge in [-0.2, -0.15) is 8.78 Å². The first-order chi connectivity index (χ1) is 20.6. The van der Waals surface area contributed by atoms with Gasteiger partial charge in [0.15, 0.2) is 11.5 Å². The summed E-state index contributed by atoms with van der Waals surface area (Å²) in [6.45, 7) is -2.34. The van der Waals surface area contributed by atoms with Gasteiger partial charge >= 0.3 is 6.61 Å². The van der Waals surface area contributed by atoms with Crippen LogP contribution in [0.2, 0.25) is 0 Å². The highest BCUT2D eigenvalue weighted by Crippen LogP contribution is 2.51. The molecule has 6 rings (SSSR count). The van der Waals surface area contributed by atoms with Gasteiger partial charge in [-0.15, -0.1) is 0 Å². The summed E-state index contributed by atoms with van der Waals surface area (Å²) in [5.74, 6) is 1.67. The van der Waals surface area contributed by atoms with Gasteiger partial charge in [-0.3, -0.25) is 0 Å². The molecule has 0 radical (unpaired) electrons. The van der Waals surface area contributed by atoms with E-state index in [9.17, 15) is 8.78 Å². The summed E-state index contributed by atoms with van der Waals surface area (Å²) in [6, 6.07) is 37.0. The third-order valence-corrected chi connectivity index (χ3v) is 7.31. The number of anilines is 2. The zero-order valence-electron chi connectivity index (χ0n) is 23.2. The predicted octanol–water partition coefficient (Wildman–Crippen LogP) is 8.79. The summed E-state index contributed by atoms with van der Waals surface area (Å²) in [5.41, 5.74) is 5.97. The van der Waals surface area contributed by atoms with Gasteiger partial charge in [0.05, 0.1) is 19.8 Å². The van der Waals surface area contributed by atoms with Crippen molar-refractivity contribution in [2.75, 3.05) is 19.1 Å². The lowest BCUT2D eigenvalue weighted by Crippen LogP contribution is -2.20. The Bertz CT molecular complexity index is 1680. The van der Waals surface area contributed by atoms with Crippen molar-refractivity contribution in [3.05, 3.63) is 132 Å². The van der Waals surface area contributed by atoms with E-state index in [0.29, 0.717) is 29.4 Å². The van der Waals surface area contributed by atoms with Crippen molar-refractivity contribution >= 4 is 11.4 Å². The molecule has 0 bridgehead atoms. The highest BCUT2D eigenvalue weighted by atomic mass is 19.3. The lowest BCUT2D eigenvalue weighted by Gasteiger charge is -2.33. The standard InChI is InChI=1S/C35H29F2NO4/c1-39-29-19-16-24(20-32(29)40-2)34-28-21-26(38(25-12-7-4-8-13-25)22-23-10-5-3-6-11-23)17-18-27(28)33-30(41-34)14-9-15-31(33)42-35(36)37/h3-21,34-35H,22H2,1-2H3. The largest absolute Gasteiger partial charge is 0.493 e. The van der Waals surface area contributed by atoms with Gasteiger partial charge in [0, 0.05) is 29.0 Å². The van der Waals surface area contributed by atoms with E-state index in [2.05, 4.69) is 35.2 Å². The maximum absolute atomic E-state index is 13.4. The second-order valence-corrected chi connectivity index (χ2v) is 9.80. The van der Waals surface area contributed by atoms with Crippen molar-refractivity contribution in [3.63, 3.8) is 0 Å². The number of hydrogen-bond acceptors (Lipinski definition) is 5. The van der Waals surface area contributed by atoms with Gasteiger partial charge in [0.1, 0.15) is 17.6 Å². The van der Waals surface area contributed by atoms with Crippen LogP contribution in [0.25, 0.3) is 11.1 Å². The molecule has 1 aliphatic heterocycles. The number of hydrogen-bond donors (Lipinski definition) is 0. The fourth-order valence-corrected chi connectivity index (χ4v) is 5.39.